The largest absolute Gasteiger partial charge is 0.490 e. The van der Waals surface area contributed by atoms with Gasteiger partial charge in [0.05, 0.1) is 4.92 Å². The predicted octanol–water partition coefficient (Wildman–Crippen LogP) is 3.06. The number of nitrogens with zero attached hydrogens (tertiary/aromatic N) is 1. The Morgan fingerprint density at radius 2 is 1.33 bits per heavy atom. The maximum absolute atomic E-state index is 10.5. The molecule has 0 amide bonds. The van der Waals surface area contributed by atoms with Crippen molar-refractivity contribution in [3.8, 4) is 11.5 Å². The molecule has 2 N–H and O–H groups in total. The van der Waals surface area contributed by atoms with Gasteiger partial charge in [0.1, 0.15) is 24.7 Å². The number of nitrogens with two attached hydrogens (primary N) is 1. The zero-order valence-electron chi connectivity index (χ0n) is 11.1. The van der Waals surface area contributed by atoms with Crippen molar-refractivity contribution in [3.05, 3.63) is 58.6 Å². The molecular formula is C14H15ClN2O4. The zero-order chi connectivity index (χ0) is 14.4. The molecule has 2 aromatic rings. The molecule has 0 aromatic heterocycles. The topological polar surface area (TPSA) is 87.6 Å². The van der Waals surface area contributed by atoms with E-state index in [-0.39, 0.29) is 18.1 Å². The smallest absolute Gasteiger partial charge is 0.269 e. The van der Waals surface area contributed by atoms with Crippen molar-refractivity contribution in [1.29, 1.82) is 0 Å². The SMILES string of the molecule is Cl.Nc1ccc(OCCOc2ccc([N+](=O)[O-])cc2)cc1. The normalized spacial score (nSPS) is 9.52. The highest BCUT2D eigenvalue weighted by Crippen LogP contribution is 2.17. The molecule has 0 fully saturated rings. The highest BCUT2D eigenvalue weighted by Gasteiger charge is 2.04. The van der Waals surface area contributed by atoms with Gasteiger partial charge in [-0.1, -0.05) is 0 Å². The number of halogens is 1. The lowest BCUT2D eigenvalue weighted by Gasteiger charge is -2.08. The Morgan fingerprint density at radius 3 is 1.76 bits per heavy atom. The first-order chi connectivity index (χ1) is 9.65. The van der Waals surface area contributed by atoms with Gasteiger partial charge < -0.3 is 15.2 Å². The molecule has 0 saturated heterocycles. The van der Waals surface area contributed by atoms with E-state index in [1.807, 2.05) is 0 Å². The quantitative estimate of drug-likeness (QED) is 0.383. The lowest BCUT2D eigenvalue weighted by Crippen LogP contribution is -2.08. The second-order valence-corrected chi connectivity index (χ2v) is 4.02. The summed E-state index contributed by atoms with van der Waals surface area (Å²) in [6.45, 7) is 0.725. The number of hydrogen-bond acceptors (Lipinski definition) is 5. The lowest BCUT2D eigenvalue weighted by molar-refractivity contribution is -0.384. The summed E-state index contributed by atoms with van der Waals surface area (Å²) in [6, 6.07) is 13.0. The molecule has 0 aliphatic rings. The van der Waals surface area contributed by atoms with Gasteiger partial charge >= 0.3 is 0 Å². The van der Waals surface area contributed by atoms with Crippen LogP contribution in [0.15, 0.2) is 48.5 Å². The van der Waals surface area contributed by atoms with Crippen molar-refractivity contribution < 1.29 is 14.4 Å². The highest BCUT2D eigenvalue weighted by molar-refractivity contribution is 5.85. The Morgan fingerprint density at radius 1 is 0.905 bits per heavy atom. The Hall–Kier alpha value is -2.47. The number of nitro benzene ring substituents is 1. The Labute approximate surface area is 128 Å². The summed E-state index contributed by atoms with van der Waals surface area (Å²) in [6.07, 6.45) is 0. The van der Waals surface area contributed by atoms with Crippen LogP contribution in [0, 0.1) is 10.1 Å². The number of benzene rings is 2. The molecule has 0 saturated carbocycles. The van der Waals surface area contributed by atoms with Crippen LogP contribution in [-0.2, 0) is 0 Å². The number of hydrogen-bond donors (Lipinski definition) is 1. The van der Waals surface area contributed by atoms with Gasteiger partial charge in [-0.25, -0.2) is 0 Å². The van der Waals surface area contributed by atoms with E-state index in [2.05, 4.69) is 0 Å². The minimum atomic E-state index is -0.450. The Kier molecular flexibility index (Phi) is 6.29. The minimum Gasteiger partial charge on any atom is -0.490 e. The molecule has 0 spiro atoms. The third kappa shape index (κ3) is 5.19. The van der Waals surface area contributed by atoms with E-state index in [9.17, 15) is 10.1 Å². The van der Waals surface area contributed by atoms with Crippen LogP contribution in [0.25, 0.3) is 0 Å². The van der Waals surface area contributed by atoms with Crippen LogP contribution in [0.4, 0.5) is 11.4 Å². The molecule has 21 heavy (non-hydrogen) atoms. The van der Waals surface area contributed by atoms with E-state index in [0.29, 0.717) is 30.4 Å². The maximum atomic E-state index is 10.5. The average Bonchev–Trinajstić information content (AvgIpc) is 2.46. The summed E-state index contributed by atoms with van der Waals surface area (Å²) in [5.41, 5.74) is 6.28. The molecule has 0 unspecified atom stereocenters. The van der Waals surface area contributed by atoms with Crippen molar-refractivity contribution in [1.82, 2.24) is 0 Å². The fourth-order valence-corrected chi connectivity index (χ4v) is 1.55. The molecule has 6 nitrogen and oxygen atoms in total. The van der Waals surface area contributed by atoms with Crippen molar-refractivity contribution in [2.75, 3.05) is 18.9 Å². The van der Waals surface area contributed by atoms with E-state index < -0.39 is 4.92 Å². The van der Waals surface area contributed by atoms with E-state index in [1.54, 1.807) is 36.4 Å². The van der Waals surface area contributed by atoms with Gasteiger partial charge in [-0.05, 0) is 36.4 Å². The number of nitrogen functional groups attached to an aromatic ring is 1. The van der Waals surface area contributed by atoms with E-state index in [0.717, 1.165) is 0 Å². The molecular weight excluding hydrogens is 296 g/mol. The van der Waals surface area contributed by atoms with Crippen molar-refractivity contribution in [3.63, 3.8) is 0 Å². The molecule has 0 heterocycles. The number of non-ortho nitro benzene ring substituents is 1. The van der Waals surface area contributed by atoms with Crippen LogP contribution in [-0.4, -0.2) is 18.1 Å². The summed E-state index contributed by atoms with van der Waals surface area (Å²) in [5, 5.41) is 10.5. The van der Waals surface area contributed by atoms with Gasteiger partial charge in [0.15, 0.2) is 0 Å². The first-order valence-electron chi connectivity index (χ1n) is 6.01. The van der Waals surface area contributed by atoms with E-state index in [4.69, 9.17) is 15.2 Å². The second kappa shape index (κ2) is 7.96. The Balaban J connectivity index is 0.00000220. The van der Waals surface area contributed by atoms with Gasteiger partial charge in [0.25, 0.3) is 5.69 Å². The second-order valence-electron chi connectivity index (χ2n) is 4.02. The number of anilines is 1. The number of rotatable bonds is 6. The van der Waals surface area contributed by atoms with Gasteiger partial charge in [0, 0.05) is 17.8 Å². The maximum Gasteiger partial charge on any atom is 0.269 e. The van der Waals surface area contributed by atoms with Crippen LogP contribution in [0.3, 0.4) is 0 Å². The molecule has 2 aromatic carbocycles. The van der Waals surface area contributed by atoms with Crippen LogP contribution in [0.2, 0.25) is 0 Å². The van der Waals surface area contributed by atoms with E-state index >= 15 is 0 Å². The lowest BCUT2D eigenvalue weighted by atomic mass is 10.3. The minimum absolute atomic E-state index is 0. The van der Waals surface area contributed by atoms with E-state index in [1.165, 1.54) is 12.1 Å². The summed E-state index contributed by atoms with van der Waals surface area (Å²) in [4.78, 5) is 10.0. The van der Waals surface area contributed by atoms with Crippen LogP contribution < -0.4 is 15.2 Å². The van der Waals surface area contributed by atoms with Crippen molar-refractivity contribution in [2.24, 2.45) is 0 Å². The molecule has 0 bridgehead atoms. The Bertz CT molecular complexity index is 573. The summed E-state index contributed by atoms with van der Waals surface area (Å²) >= 11 is 0. The van der Waals surface area contributed by atoms with Gasteiger partial charge in [0.2, 0.25) is 0 Å². The summed E-state index contributed by atoms with van der Waals surface area (Å²) in [5.74, 6) is 1.28. The van der Waals surface area contributed by atoms with Gasteiger partial charge in [-0.15, -0.1) is 12.4 Å². The standard InChI is InChI=1S/C14H14N2O4.ClH/c15-11-1-5-13(6-2-11)19-9-10-20-14-7-3-12(4-8-14)16(17)18;/h1-8H,9-10,15H2;1H. The molecule has 0 aliphatic heterocycles. The molecule has 2 rings (SSSR count). The fraction of sp³-hybridized carbons (Fsp3) is 0.143. The van der Waals surface area contributed by atoms with Crippen molar-refractivity contribution >= 4 is 23.8 Å². The zero-order valence-corrected chi connectivity index (χ0v) is 11.9. The molecule has 112 valence electrons. The van der Waals surface area contributed by atoms with Gasteiger partial charge in [-0.2, -0.15) is 0 Å². The summed E-state index contributed by atoms with van der Waals surface area (Å²) < 4.78 is 10.9. The van der Waals surface area contributed by atoms with Crippen LogP contribution >= 0.6 is 12.4 Å². The van der Waals surface area contributed by atoms with Gasteiger partial charge in [-0.3, -0.25) is 10.1 Å². The predicted molar refractivity (Wildman–Crippen MR) is 82.2 cm³/mol. The third-order valence-corrected chi connectivity index (χ3v) is 2.55. The summed E-state index contributed by atoms with van der Waals surface area (Å²) in [7, 11) is 0. The first-order valence-corrected chi connectivity index (χ1v) is 6.01. The molecule has 0 radical (unpaired) electrons. The molecule has 0 aliphatic carbocycles. The van der Waals surface area contributed by atoms with Crippen LogP contribution in [0.5, 0.6) is 11.5 Å². The molecule has 0 atom stereocenters. The molecule has 7 heteroatoms. The average molecular weight is 311 g/mol. The number of ether oxygens (including phenoxy) is 2. The fourth-order valence-electron chi connectivity index (χ4n) is 1.55. The third-order valence-electron chi connectivity index (χ3n) is 2.55. The monoisotopic (exact) mass is 310 g/mol. The first kappa shape index (κ1) is 16.6. The number of nitro groups is 1. The van der Waals surface area contributed by atoms with Crippen molar-refractivity contribution in [2.45, 2.75) is 0 Å². The highest BCUT2D eigenvalue weighted by atomic mass is 35.5. The van der Waals surface area contributed by atoms with Crippen LogP contribution in [0.1, 0.15) is 0 Å².